The van der Waals surface area contributed by atoms with Crippen molar-refractivity contribution in [3.05, 3.63) is 0 Å². The van der Waals surface area contributed by atoms with Crippen LogP contribution in [0.2, 0.25) is 0 Å². The van der Waals surface area contributed by atoms with E-state index in [1.54, 1.807) is 0 Å². The quantitative estimate of drug-likeness (QED) is 0.604. The van der Waals surface area contributed by atoms with E-state index in [9.17, 15) is 0 Å². The fourth-order valence-electron chi connectivity index (χ4n) is 2.23. The Hall–Kier alpha value is -0.0400. The molecular weight excluding hydrogens is 182 g/mol. The van der Waals surface area contributed by atoms with E-state index >= 15 is 0 Å². The van der Waals surface area contributed by atoms with Gasteiger partial charge in [-0.2, -0.15) is 0 Å². The molecule has 0 aliphatic carbocycles. The third-order valence-corrected chi connectivity index (χ3v) is 3.65. The van der Waals surface area contributed by atoms with E-state index in [1.165, 1.54) is 32.1 Å². The predicted molar refractivity (Wildman–Crippen MR) is 70.2 cm³/mol. The van der Waals surface area contributed by atoms with Gasteiger partial charge in [-0.1, -0.05) is 53.9 Å². The first kappa shape index (κ1) is 15.0. The molecule has 0 saturated heterocycles. The van der Waals surface area contributed by atoms with Crippen LogP contribution in [0.3, 0.4) is 0 Å². The van der Waals surface area contributed by atoms with E-state index in [0.29, 0.717) is 0 Å². The summed E-state index contributed by atoms with van der Waals surface area (Å²) in [7, 11) is 0. The highest BCUT2D eigenvalue weighted by molar-refractivity contribution is 4.72. The monoisotopic (exact) mass is 213 g/mol. The summed E-state index contributed by atoms with van der Waals surface area (Å²) in [4.78, 5) is 0. The number of rotatable bonds is 9. The van der Waals surface area contributed by atoms with Crippen molar-refractivity contribution in [2.45, 2.75) is 72.8 Å². The van der Waals surface area contributed by atoms with Crippen molar-refractivity contribution in [1.82, 2.24) is 5.32 Å². The fourth-order valence-corrected chi connectivity index (χ4v) is 2.23. The molecule has 0 saturated carbocycles. The summed E-state index contributed by atoms with van der Waals surface area (Å²) in [5.41, 5.74) is 0. The van der Waals surface area contributed by atoms with Gasteiger partial charge in [0.2, 0.25) is 0 Å². The van der Waals surface area contributed by atoms with Crippen LogP contribution in [-0.2, 0) is 0 Å². The van der Waals surface area contributed by atoms with Crippen LogP contribution in [0.15, 0.2) is 0 Å². The van der Waals surface area contributed by atoms with Gasteiger partial charge >= 0.3 is 0 Å². The second kappa shape index (κ2) is 9.21. The normalized spacial score (nSPS) is 15.6. The Labute approximate surface area is 97.0 Å². The van der Waals surface area contributed by atoms with Crippen LogP contribution in [0, 0.1) is 11.8 Å². The Morgan fingerprint density at radius 2 is 1.47 bits per heavy atom. The number of nitrogens with one attached hydrogen (secondary N) is 1. The first-order valence-corrected chi connectivity index (χ1v) is 6.91. The van der Waals surface area contributed by atoms with Crippen LogP contribution in [0.25, 0.3) is 0 Å². The Kier molecular flexibility index (Phi) is 9.18. The average Bonchev–Trinajstić information content (AvgIpc) is 2.25. The molecule has 0 radical (unpaired) electrons. The zero-order valence-corrected chi connectivity index (χ0v) is 11.5. The zero-order valence-electron chi connectivity index (χ0n) is 11.5. The molecule has 0 aromatic carbocycles. The van der Waals surface area contributed by atoms with E-state index in [0.717, 1.165) is 24.4 Å². The lowest BCUT2D eigenvalue weighted by Gasteiger charge is -2.25. The lowest BCUT2D eigenvalue weighted by atomic mass is 9.89. The standard InChI is InChI=1S/C14H31N/c1-6-12(5)10-14(15-9-4)11-13(7-2)8-3/h12-15H,6-11H2,1-5H3. The molecule has 92 valence electrons. The Bertz CT molecular complexity index is 129. The Balaban J connectivity index is 4.01. The highest BCUT2D eigenvalue weighted by atomic mass is 14.9. The summed E-state index contributed by atoms with van der Waals surface area (Å²) < 4.78 is 0. The lowest BCUT2D eigenvalue weighted by molar-refractivity contribution is 0.319. The summed E-state index contributed by atoms with van der Waals surface area (Å²) >= 11 is 0. The van der Waals surface area contributed by atoms with Gasteiger partial charge in [0.25, 0.3) is 0 Å². The van der Waals surface area contributed by atoms with Crippen molar-refractivity contribution in [2.75, 3.05) is 6.54 Å². The lowest BCUT2D eigenvalue weighted by Crippen LogP contribution is -2.32. The van der Waals surface area contributed by atoms with Gasteiger partial charge in [-0.3, -0.25) is 0 Å². The largest absolute Gasteiger partial charge is 0.314 e. The van der Waals surface area contributed by atoms with Gasteiger partial charge in [-0.05, 0) is 31.2 Å². The van der Waals surface area contributed by atoms with Crippen LogP contribution in [-0.4, -0.2) is 12.6 Å². The van der Waals surface area contributed by atoms with Crippen molar-refractivity contribution in [2.24, 2.45) is 11.8 Å². The molecule has 0 aliphatic heterocycles. The molecule has 15 heavy (non-hydrogen) atoms. The van der Waals surface area contributed by atoms with Crippen LogP contribution in [0.1, 0.15) is 66.7 Å². The predicted octanol–water partition coefficient (Wildman–Crippen LogP) is 4.23. The van der Waals surface area contributed by atoms with Gasteiger partial charge in [0.1, 0.15) is 0 Å². The minimum Gasteiger partial charge on any atom is -0.314 e. The minimum atomic E-state index is 0.745. The number of hydrogen-bond donors (Lipinski definition) is 1. The highest BCUT2D eigenvalue weighted by Crippen LogP contribution is 2.20. The van der Waals surface area contributed by atoms with E-state index in [2.05, 4.69) is 39.9 Å². The SMILES string of the molecule is CCNC(CC(C)CC)CC(CC)CC. The van der Waals surface area contributed by atoms with Gasteiger partial charge < -0.3 is 5.32 Å². The van der Waals surface area contributed by atoms with Crippen molar-refractivity contribution in [3.8, 4) is 0 Å². The smallest absolute Gasteiger partial charge is 0.00721 e. The van der Waals surface area contributed by atoms with Crippen molar-refractivity contribution >= 4 is 0 Å². The highest BCUT2D eigenvalue weighted by Gasteiger charge is 2.15. The molecule has 0 aliphatic rings. The Morgan fingerprint density at radius 3 is 1.87 bits per heavy atom. The maximum atomic E-state index is 3.65. The second-order valence-electron chi connectivity index (χ2n) is 4.92. The average molecular weight is 213 g/mol. The van der Waals surface area contributed by atoms with Crippen LogP contribution < -0.4 is 5.32 Å². The third kappa shape index (κ3) is 6.94. The van der Waals surface area contributed by atoms with E-state index in [1.807, 2.05) is 0 Å². The fraction of sp³-hybridized carbons (Fsp3) is 1.00. The molecule has 0 aromatic heterocycles. The zero-order chi connectivity index (χ0) is 11.7. The first-order chi connectivity index (χ1) is 7.17. The maximum Gasteiger partial charge on any atom is 0.00721 e. The summed E-state index contributed by atoms with van der Waals surface area (Å²) in [5.74, 6) is 1.78. The van der Waals surface area contributed by atoms with Crippen molar-refractivity contribution in [3.63, 3.8) is 0 Å². The summed E-state index contributed by atoms with van der Waals surface area (Å²) in [6, 6.07) is 0.745. The second-order valence-corrected chi connectivity index (χ2v) is 4.92. The van der Waals surface area contributed by atoms with Gasteiger partial charge in [0, 0.05) is 6.04 Å². The molecule has 0 heterocycles. The van der Waals surface area contributed by atoms with Gasteiger partial charge in [0.15, 0.2) is 0 Å². The molecular formula is C14H31N. The maximum absolute atomic E-state index is 3.65. The van der Waals surface area contributed by atoms with E-state index in [4.69, 9.17) is 0 Å². The van der Waals surface area contributed by atoms with Crippen LogP contribution in [0.5, 0.6) is 0 Å². The molecule has 0 spiro atoms. The molecule has 1 N–H and O–H groups in total. The van der Waals surface area contributed by atoms with Crippen LogP contribution >= 0.6 is 0 Å². The van der Waals surface area contributed by atoms with Gasteiger partial charge in [0.05, 0.1) is 0 Å². The molecule has 2 unspecified atom stereocenters. The Morgan fingerprint density at radius 1 is 0.867 bits per heavy atom. The molecule has 0 bridgehead atoms. The van der Waals surface area contributed by atoms with Crippen molar-refractivity contribution in [1.29, 1.82) is 0 Å². The first-order valence-electron chi connectivity index (χ1n) is 6.91. The summed E-state index contributed by atoms with van der Waals surface area (Å²) in [6.07, 6.45) is 6.69. The van der Waals surface area contributed by atoms with Gasteiger partial charge in [-0.15, -0.1) is 0 Å². The topological polar surface area (TPSA) is 12.0 Å². The molecule has 0 fully saturated rings. The molecule has 0 amide bonds. The van der Waals surface area contributed by atoms with Crippen LogP contribution in [0.4, 0.5) is 0 Å². The molecule has 1 heteroatoms. The molecule has 0 aromatic rings. The summed E-state index contributed by atoms with van der Waals surface area (Å²) in [6.45, 7) is 12.6. The molecule has 2 atom stereocenters. The van der Waals surface area contributed by atoms with Gasteiger partial charge in [-0.25, -0.2) is 0 Å². The van der Waals surface area contributed by atoms with Crippen molar-refractivity contribution < 1.29 is 0 Å². The third-order valence-electron chi connectivity index (χ3n) is 3.65. The summed E-state index contributed by atoms with van der Waals surface area (Å²) in [5, 5.41) is 3.65. The van der Waals surface area contributed by atoms with E-state index < -0.39 is 0 Å². The molecule has 0 rings (SSSR count). The van der Waals surface area contributed by atoms with E-state index in [-0.39, 0.29) is 0 Å². The minimum absolute atomic E-state index is 0.745. The molecule has 1 nitrogen and oxygen atoms in total. The number of hydrogen-bond acceptors (Lipinski definition) is 1.